The molecular formula is C13H16BrN3O. The van der Waals surface area contributed by atoms with E-state index in [9.17, 15) is 0 Å². The van der Waals surface area contributed by atoms with Crippen molar-refractivity contribution in [1.29, 1.82) is 0 Å². The maximum Gasteiger partial charge on any atom is 0.122 e. The van der Waals surface area contributed by atoms with Gasteiger partial charge >= 0.3 is 0 Å². The largest absolute Gasteiger partial charge is 0.464 e. The molecule has 1 atom stereocenters. The molecule has 0 aliphatic carbocycles. The Morgan fingerprint density at radius 3 is 2.78 bits per heavy atom. The van der Waals surface area contributed by atoms with Crippen molar-refractivity contribution in [3.05, 3.63) is 52.1 Å². The highest BCUT2D eigenvalue weighted by molar-refractivity contribution is 9.10. The zero-order valence-electron chi connectivity index (χ0n) is 10.2. The highest BCUT2D eigenvalue weighted by Crippen LogP contribution is 2.20. The third-order valence-electron chi connectivity index (χ3n) is 2.78. The lowest BCUT2D eigenvalue weighted by molar-refractivity contribution is 0.394. The van der Waals surface area contributed by atoms with Crippen LogP contribution in [-0.4, -0.2) is 4.98 Å². The van der Waals surface area contributed by atoms with Crippen molar-refractivity contribution in [2.24, 2.45) is 5.84 Å². The fourth-order valence-electron chi connectivity index (χ4n) is 1.75. The van der Waals surface area contributed by atoms with Gasteiger partial charge in [-0.25, -0.2) is 5.43 Å². The number of hydrogen-bond donors (Lipinski definition) is 2. The third kappa shape index (κ3) is 3.19. The number of furan rings is 1. The number of nitrogens with two attached hydrogens (primary N) is 1. The molecule has 18 heavy (non-hydrogen) atoms. The van der Waals surface area contributed by atoms with Gasteiger partial charge in [-0.1, -0.05) is 6.92 Å². The molecule has 0 bridgehead atoms. The molecule has 0 saturated carbocycles. The van der Waals surface area contributed by atoms with Crippen LogP contribution in [0.5, 0.6) is 0 Å². The van der Waals surface area contributed by atoms with Crippen LogP contribution in [0.3, 0.4) is 0 Å². The zero-order valence-corrected chi connectivity index (χ0v) is 11.8. The summed E-state index contributed by atoms with van der Waals surface area (Å²) in [5.41, 5.74) is 3.74. The molecule has 0 fully saturated rings. The highest BCUT2D eigenvalue weighted by atomic mass is 79.9. The third-order valence-corrected chi connectivity index (χ3v) is 3.25. The molecule has 0 radical (unpaired) electrons. The Labute approximate surface area is 115 Å². The van der Waals surface area contributed by atoms with Gasteiger partial charge in [0, 0.05) is 29.2 Å². The number of rotatable bonds is 5. The van der Waals surface area contributed by atoms with Crippen LogP contribution >= 0.6 is 15.9 Å². The first-order chi connectivity index (χ1) is 8.72. The molecular weight excluding hydrogens is 294 g/mol. The van der Waals surface area contributed by atoms with Crippen molar-refractivity contribution in [2.75, 3.05) is 0 Å². The van der Waals surface area contributed by atoms with E-state index in [4.69, 9.17) is 10.3 Å². The average Bonchev–Trinajstić information content (AvgIpc) is 2.87. The summed E-state index contributed by atoms with van der Waals surface area (Å²) in [7, 11) is 0. The molecule has 4 nitrogen and oxygen atoms in total. The second-order valence-corrected chi connectivity index (χ2v) is 4.96. The minimum atomic E-state index is -0.0565. The van der Waals surface area contributed by atoms with E-state index in [-0.39, 0.29) is 6.04 Å². The molecule has 2 heterocycles. The molecule has 1 unspecified atom stereocenters. The van der Waals surface area contributed by atoms with Gasteiger partial charge in [0.2, 0.25) is 0 Å². The molecule has 0 aromatic carbocycles. The first-order valence-corrected chi connectivity index (χ1v) is 6.67. The van der Waals surface area contributed by atoms with E-state index in [1.807, 2.05) is 24.3 Å². The van der Waals surface area contributed by atoms with Gasteiger partial charge in [-0.05, 0) is 40.2 Å². The van der Waals surface area contributed by atoms with E-state index in [0.717, 1.165) is 28.1 Å². The SMILES string of the molecule is CCc1ccc(C(Cc2ccc(Br)cn2)NN)o1. The fraction of sp³-hybridized carbons (Fsp3) is 0.308. The van der Waals surface area contributed by atoms with Gasteiger partial charge in [0.05, 0.1) is 6.04 Å². The summed E-state index contributed by atoms with van der Waals surface area (Å²) >= 11 is 3.36. The highest BCUT2D eigenvalue weighted by Gasteiger charge is 2.15. The van der Waals surface area contributed by atoms with Crippen molar-refractivity contribution in [3.8, 4) is 0 Å². The molecule has 2 aromatic heterocycles. The van der Waals surface area contributed by atoms with Gasteiger partial charge < -0.3 is 4.42 Å². The Bertz CT molecular complexity index is 495. The minimum absolute atomic E-state index is 0.0565. The minimum Gasteiger partial charge on any atom is -0.464 e. The summed E-state index contributed by atoms with van der Waals surface area (Å²) in [5.74, 6) is 7.40. The van der Waals surface area contributed by atoms with E-state index in [1.54, 1.807) is 6.20 Å². The second-order valence-electron chi connectivity index (χ2n) is 4.05. The summed E-state index contributed by atoms with van der Waals surface area (Å²) < 4.78 is 6.67. The van der Waals surface area contributed by atoms with E-state index in [1.165, 1.54) is 0 Å². The summed E-state index contributed by atoms with van der Waals surface area (Å²) in [5, 5.41) is 0. The number of pyridine rings is 1. The molecule has 0 spiro atoms. The van der Waals surface area contributed by atoms with Gasteiger partial charge in [0.25, 0.3) is 0 Å². The van der Waals surface area contributed by atoms with Gasteiger partial charge in [-0.2, -0.15) is 0 Å². The Morgan fingerprint density at radius 1 is 1.39 bits per heavy atom. The first kappa shape index (κ1) is 13.3. The summed E-state index contributed by atoms with van der Waals surface area (Å²) in [6.07, 6.45) is 3.36. The molecule has 2 aromatic rings. The summed E-state index contributed by atoms with van der Waals surface area (Å²) in [4.78, 5) is 4.33. The first-order valence-electron chi connectivity index (χ1n) is 5.88. The maximum absolute atomic E-state index is 5.70. The average molecular weight is 310 g/mol. The van der Waals surface area contributed by atoms with E-state index in [2.05, 4.69) is 33.3 Å². The lowest BCUT2D eigenvalue weighted by atomic mass is 10.1. The molecule has 3 N–H and O–H groups in total. The number of halogens is 1. The smallest absolute Gasteiger partial charge is 0.122 e. The molecule has 0 saturated heterocycles. The Hall–Kier alpha value is -1.17. The number of aromatic nitrogens is 1. The van der Waals surface area contributed by atoms with Crippen molar-refractivity contribution in [1.82, 2.24) is 10.4 Å². The molecule has 96 valence electrons. The zero-order chi connectivity index (χ0) is 13.0. The van der Waals surface area contributed by atoms with Crippen LogP contribution in [0.1, 0.15) is 30.2 Å². The van der Waals surface area contributed by atoms with E-state index < -0.39 is 0 Å². The standard InChI is InChI=1S/C13H16BrN3O/c1-2-11-5-6-13(18-11)12(17-15)7-10-4-3-9(14)8-16-10/h3-6,8,12,17H,2,7,15H2,1H3. The van der Waals surface area contributed by atoms with Crippen LogP contribution in [-0.2, 0) is 12.8 Å². The van der Waals surface area contributed by atoms with Gasteiger partial charge in [-0.15, -0.1) is 0 Å². The van der Waals surface area contributed by atoms with Crippen molar-refractivity contribution >= 4 is 15.9 Å². The van der Waals surface area contributed by atoms with E-state index in [0.29, 0.717) is 6.42 Å². The van der Waals surface area contributed by atoms with Crippen LogP contribution in [0.2, 0.25) is 0 Å². The number of nitrogens with one attached hydrogen (secondary N) is 1. The van der Waals surface area contributed by atoms with Crippen molar-refractivity contribution < 1.29 is 4.42 Å². The monoisotopic (exact) mass is 309 g/mol. The lowest BCUT2D eigenvalue weighted by Gasteiger charge is -2.12. The number of hydrazine groups is 1. The molecule has 2 rings (SSSR count). The van der Waals surface area contributed by atoms with Gasteiger partial charge in [0.15, 0.2) is 0 Å². The lowest BCUT2D eigenvalue weighted by Crippen LogP contribution is -2.29. The van der Waals surface area contributed by atoms with E-state index >= 15 is 0 Å². The van der Waals surface area contributed by atoms with Crippen LogP contribution < -0.4 is 11.3 Å². The van der Waals surface area contributed by atoms with Crippen LogP contribution in [0, 0.1) is 0 Å². The summed E-state index contributed by atoms with van der Waals surface area (Å²) in [6, 6.07) is 7.82. The van der Waals surface area contributed by atoms with Crippen LogP contribution in [0.4, 0.5) is 0 Å². The predicted molar refractivity (Wildman–Crippen MR) is 73.8 cm³/mol. The normalized spacial score (nSPS) is 12.6. The summed E-state index contributed by atoms with van der Waals surface area (Å²) in [6.45, 7) is 2.06. The second kappa shape index (κ2) is 6.13. The topological polar surface area (TPSA) is 64.1 Å². The van der Waals surface area contributed by atoms with Crippen LogP contribution in [0.15, 0.2) is 39.4 Å². The Kier molecular flexibility index (Phi) is 4.52. The Morgan fingerprint density at radius 2 is 2.22 bits per heavy atom. The predicted octanol–water partition coefficient (Wildman–Crippen LogP) is 2.75. The number of aryl methyl sites for hydroxylation is 1. The molecule has 0 aliphatic heterocycles. The molecule has 0 amide bonds. The molecule has 5 heteroatoms. The van der Waals surface area contributed by atoms with Crippen LogP contribution in [0.25, 0.3) is 0 Å². The quantitative estimate of drug-likeness (QED) is 0.658. The number of nitrogens with zero attached hydrogens (tertiary/aromatic N) is 1. The molecule has 0 aliphatic rings. The fourth-order valence-corrected chi connectivity index (χ4v) is 1.98. The Balaban J connectivity index is 2.11. The van der Waals surface area contributed by atoms with Gasteiger partial charge in [0.1, 0.15) is 11.5 Å². The maximum atomic E-state index is 5.70. The van der Waals surface area contributed by atoms with Crippen molar-refractivity contribution in [3.63, 3.8) is 0 Å². The number of hydrogen-bond acceptors (Lipinski definition) is 4. The van der Waals surface area contributed by atoms with Crippen molar-refractivity contribution in [2.45, 2.75) is 25.8 Å². The van der Waals surface area contributed by atoms with Gasteiger partial charge in [-0.3, -0.25) is 10.8 Å².